The number of halogens is 3. The van der Waals surface area contributed by atoms with Gasteiger partial charge in [-0.1, -0.05) is 25.5 Å². The lowest BCUT2D eigenvalue weighted by molar-refractivity contribution is -0.0328. The molecule has 2 aromatic rings. The van der Waals surface area contributed by atoms with Crippen molar-refractivity contribution >= 4 is 23.5 Å². The molecule has 1 atom stereocenters. The van der Waals surface area contributed by atoms with Crippen molar-refractivity contribution in [3.05, 3.63) is 41.1 Å². The van der Waals surface area contributed by atoms with E-state index >= 15 is 0 Å². The van der Waals surface area contributed by atoms with Crippen molar-refractivity contribution in [3.63, 3.8) is 0 Å². The van der Waals surface area contributed by atoms with Crippen LogP contribution in [0.4, 0.5) is 19.0 Å². The van der Waals surface area contributed by atoms with Gasteiger partial charge in [0.1, 0.15) is 17.1 Å². The second-order valence-electron chi connectivity index (χ2n) is 6.21. The quantitative estimate of drug-likeness (QED) is 0.474. The molecule has 10 heteroatoms. The molecule has 1 amide bonds. The van der Waals surface area contributed by atoms with Gasteiger partial charge in [0.05, 0.1) is 12.6 Å². The maximum atomic E-state index is 12.5. The van der Waals surface area contributed by atoms with Gasteiger partial charge in [-0.2, -0.15) is 18.3 Å². The van der Waals surface area contributed by atoms with Crippen molar-refractivity contribution in [1.82, 2.24) is 9.78 Å². The minimum Gasteiger partial charge on any atom is -0.383 e. The molecule has 0 aliphatic heterocycles. The Hall–Kier alpha value is -2.20. The highest BCUT2D eigenvalue weighted by atomic mass is 32.2. The molecule has 0 radical (unpaired) electrons. The van der Waals surface area contributed by atoms with Crippen LogP contribution in [0.2, 0.25) is 0 Å². The summed E-state index contributed by atoms with van der Waals surface area (Å²) in [4.78, 5) is 11.9. The minimum atomic E-state index is -4.34. The van der Waals surface area contributed by atoms with Crippen molar-refractivity contribution in [2.75, 3.05) is 12.3 Å². The number of nitrogens with zero attached hydrogens (tertiary/aromatic N) is 2. The topological polar surface area (TPSA) is 96.2 Å². The minimum absolute atomic E-state index is 0.0831. The first-order valence-corrected chi connectivity index (χ1v) is 9.55. The zero-order valence-corrected chi connectivity index (χ0v) is 16.4. The fraction of sp³-hybridized carbons (Fsp3) is 0.444. The lowest BCUT2D eigenvalue weighted by Crippen LogP contribution is -2.16. The Labute approximate surface area is 165 Å². The first-order valence-electron chi connectivity index (χ1n) is 8.74. The van der Waals surface area contributed by atoms with Gasteiger partial charge in [0, 0.05) is 11.5 Å². The number of nitrogens with two attached hydrogens (primary N) is 2. The average molecular weight is 416 g/mol. The number of primary amides is 1. The van der Waals surface area contributed by atoms with Crippen LogP contribution in [0.1, 0.15) is 54.3 Å². The standard InChI is InChI=1S/C18H23F3N4O2S/c1-3-4-9-27-10-14-15(17(23)26)16(22)25(24-14)11(2)12-5-7-13(8-6-12)28-18(19,20)21/h5-8,11H,3-4,9-10,22H2,1-2H3,(H2,23,26). The van der Waals surface area contributed by atoms with Gasteiger partial charge >= 0.3 is 5.51 Å². The number of carbonyl (C=O) groups excluding carboxylic acids is 1. The van der Waals surface area contributed by atoms with Crippen LogP contribution in [0.15, 0.2) is 29.2 Å². The van der Waals surface area contributed by atoms with E-state index in [0.717, 1.165) is 12.8 Å². The van der Waals surface area contributed by atoms with Crippen molar-refractivity contribution < 1.29 is 22.7 Å². The van der Waals surface area contributed by atoms with Gasteiger partial charge < -0.3 is 16.2 Å². The van der Waals surface area contributed by atoms with E-state index in [2.05, 4.69) is 5.10 Å². The van der Waals surface area contributed by atoms with E-state index < -0.39 is 17.5 Å². The van der Waals surface area contributed by atoms with Crippen LogP contribution in [0.3, 0.4) is 0 Å². The number of ether oxygens (including phenoxy) is 1. The van der Waals surface area contributed by atoms with Gasteiger partial charge in [0.15, 0.2) is 0 Å². The zero-order chi connectivity index (χ0) is 20.9. The summed E-state index contributed by atoms with van der Waals surface area (Å²) in [5.74, 6) is -0.607. The summed E-state index contributed by atoms with van der Waals surface area (Å²) in [5.41, 5.74) is 8.31. The van der Waals surface area contributed by atoms with Gasteiger partial charge in [0.2, 0.25) is 0 Å². The Morgan fingerprint density at radius 2 is 1.96 bits per heavy atom. The van der Waals surface area contributed by atoms with Crippen LogP contribution < -0.4 is 11.5 Å². The third-order valence-corrected chi connectivity index (χ3v) is 4.85. The van der Waals surface area contributed by atoms with Crippen LogP contribution in [0.25, 0.3) is 0 Å². The number of anilines is 1. The monoisotopic (exact) mass is 416 g/mol. The fourth-order valence-electron chi connectivity index (χ4n) is 2.67. The van der Waals surface area contributed by atoms with E-state index in [-0.39, 0.29) is 34.6 Å². The van der Waals surface area contributed by atoms with E-state index in [9.17, 15) is 18.0 Å². The van der Waals surface area contributed by atoms with Crippen molar-refractivity contribution in [1.29, 1.82) is 0 Å². The Balaban J connectivity index is 2.24. The van der Waals surface area contributed by atoms with Crippen LogP contribution in [0.5, 0.6) is 0 Å². The highest BCUT2D eigenvalue weighted by Crippen LogP contribution is 2.37. The zero-order valence-electron chi connectivity index (χ0n) is 15.6. The summed E-state index contributed by atoms with van der Waals surface area (Å²) in [6.07, 6.45) is 1.85. The molecule has 0 saturated carbocycles. The van der Waals surface area contributed by atoms with Crippen LogP contribution in [-0.4, -0.2) is 27.8 Å². The second-order valence-corrected chi connectivity index (χ2v) is 7.35. The molecular weight excluding hydrogens is 393 g/mol. The molecule has 1 unspecified atom stereocenters. The molecule has 6 nitrogen and oxygen atoms in total. The Bertz CT molecular complexity index is 806. The molecule has 0 spiro atoms. The van der Waals surface area contributed by atoms with Crippen molar-refractivity contribution in [2.45, 2.75) is 49.7 Å². The van der Waals surface area contributed by atoms with Crippen LogP contribution in [-0.2, 0) is 11.3 Å². The first kappa shape index (κ1) is 22.1. The van der Waals surface area contributed by atoms with E-state index in [1.165, 1.54) is 16.8 Å². The fourth-order valence-corrected chi connectivity index (χ4v) is 3.20. The molecule has 1 aromatic carbocycles. The van der Waals surface area contributed by atoms with Gasteiger partial charge in [0.25, 0.3) is 5.91 Å². The third kappa shape index (κ3) is 5.65. The molecular formula is C18H23F3N4O2S. The molecule has 0 saturated heterocycles. The molecule has 1 aromatic heterocycles. The molecule has 0 fully saturated rings. The molecule has 2 rings (SSSR count). The van der Waals surface area contributed by atoms with Crippen molar-refractivity contribution in [2.24, 2.45) is 5.73 Å². The smallest absolute Gasteiger partial charge is 0.383 e. The number of aromatic nitrogens is 2. The summed E-state index contributed by atoms with van der Waals surface area (Å²) >= 11 is -0.181. The summed E-state index contributed by atoms with van der Waals surface area (Å²) in [6, 6.07) is 5.50. The lowest BCUT2D eigenvalue weighted by Gasteiger charge is -2.15. The van der Waals surface area contributed by atoms with Gasteiger partial charge in [-0.3, -0.25) is 4.79 Å². The molecule has 0 aliphatic carbocycles. The van der Waals surface area contributed by atoms with Gasteiger partial charge in [-0.25, -0.2) is 4.68 Å². The van der Waals surface area contributed by atoms with Crippen LogP contribution >= 0.6 is 11.8 Å². The summed E-state index contributed by atoms with van der Waals surface area (Å²) < 4.78 is 44.4. The van der Waals surface area contributed by atoms with E-state index in [4.69, 9.17) is 16.2 Å². The number of amides is 1. The SMILES string of the molecule is CCCCOCc1nn(C(C)c2ccc(SC(F)(F)F)cc2)c(N)c1C(N)=O. The predicted octanol–water partition coefficient (Wildman–Crippen LogP) is 4.10. The molecule has 28 heavy (non-hydrogen) atoms. The number of alkyl halides is 3. The number of nitrogen functional groups attached to an aromatic ring is 1. The number of benzene rings is 1. The first-order chi connectivity index (χ1) is 13.1. The molecule has 1 heterocycles. The molecule has 0 bridgehead atoms. The second kappa shape index (κ2) is 9.33. The number of thioether (sulfide) groups is 1. The van der Waals surface area contributed by atoms with E-state index in [1.807, 2.05) is 6.92 Å². The normalized spacial score (nSPS) is 12.9. The summed E-state index contributed by atoms with van der Waals surface area (Å²) in [5, 5.41) is 4.37. The highest BCUT2D eigenvalue weighted by Gasteiger charge is 2.29. The summed E-state index contributed by atoms with van der Waals surface area (Å²) in [7, 11) is 0. The number of hydrogen-bond acceptors (Lipinski definition) is 5. The number of carbonyl (C=O) groups is 1. The van der Waals surface area contributed by atoms with Gasteiger partial charge in [-0.05, 0) is 42.8 Å². The van der Waals surface area contributed by atoms with E-state index in [1.54, 1.807) is 19.1 Å². The Morgan fingerprint density at radius 1 is 1.32 bits per heavy atom. The maximum absolute atomic E-state index is 12.5. The number of unbranched alkanes of at least 4 members (excludes halogenated alkanes) is 1. The Morgan fingerprint density at radius 3 is 2.50 bits per heavy atom. The van der Waals surface area contributed by atoms with E-state index in [0.29, 0.717) is 17.9 Å². The largest absolute Gasteiger partial charge is 0.446 e. The highest BCUT2D eigenvalue weighted by molar-refractivity contribution is 8.00. The number of rotatable bonds is 9. The molecule has 154 valence electrons. The lowest BCUT2D eigenvalue weighted by atomic mass is 10.1. The maximum Gasteiger partial charge on any atom is 0.446 e. The number of hydrogen-bond donors (Lipinski definition) is 2. The van der Waals surface area contributed by atoms with Crippen LogP contribution in [0, 0.1) is 0 Å². The molecule has 0 aliphatic rings. The third-order valence-electron chi connectivity index (χ3n) is 4.11. The van der Waals surface area contributed by atoms with Gasteiger partial charge in [-0.15, -0.1) is 0 Å². The van der Waals surface area contributed by atoms with Crippen molar-refractivity contribution in [3.8, 4) is 0 Å². The molecule has 4 N–H and O–H groups in total. The average Bonchev–Trinajstić information content (AvgIpc) is 2.94. The summed E-state index contributed by atoms with van der Waals surface area (Å²) in [6.45, 7) is 4.44. The predicted molar refractivity (Wildman–Crippen MR) is 102 cm³/mol. The Kier molecular flexibility index (Phi) is 7.36.